The molecule has 116 valence electrons. The summed E-state index contributed by atoms with van der Waals surface area (Å²) in [6.45, 7) is 4.26. The predicted molar refractivity (Wildman–Crippen MR) is 79.9 cm³/mol. The lowest BCUT2D eigenvalue weighted by Crippen LogP contribution is -2.51. The summed E-state index contributed by atoms with van der Waals surface area (Å²) in [5.74, 6) is 0. The van der Waals surface area contributed by atoms with Gasteiger partial charge in [0.05, 0.1) is 12.2 Å². The number of hydrogen-bond donors (Lipinski definition) is 2. The number of aliphatic hydroxyl groups is 1. The Labute approximate surface area is 122 Å². The zero-order chi connectivity index (χ0) is 13.8. The Bertz CT molecular complexity index is 297. The van der Waals surface area contributed by atoms with Crippen LogP contribution in [0.25, 0.3) is 0 Å². The molecule has 0 amide bonds. The van der Waals surface area contributed by atoms with Crippen molar-refractivity contribution in [2.75, 3.05) is 32.8 Å². The molecule has 1 aliphatic carbocycles. The summed E-state index contributed by atoms with van der Waals surface area (Å²) in [5.41, 5.74) is 0.180. The van der Waals surface area contributed by atoms with Gasteiger partial charge in [-0.05, 0) is 45.1 Å². The van der Waals surface area contributed by atoms with Crippen LogP contribution in [0.15, 0.2) is 0 Å². The van der Waals surface area contributed by atoms with Gasteiger partial charge in [-0.15, -0.1) is 0 Å². The molecule has 1 saturated carbocycles. The molecule has 1 spiro atoms. The summed E-state index contributed by atoms with van der Waals surface area (Å²) in [7, 11) is 0. The third-order valence-corrected chi connectivity index (χ3v) is 5.50. The van der Waals surface area contributed by atoms with Crippen LogP contribution in [-0.2, 0) is 4.74 Å². The molecule has 2 atom stereocenters. The van der Waals surface area contributed by atoms with Gasteiger partial charge in [-0.3, -0.25) is 4.90 Å². The maximum Gasteiger partial charge on any atom is 0.0697 e. The number of nitrogens with one attached hydrogen (secondary N) is 1. The minimum Gasteiger partial charge on any atom is -0.395 e. The van der Waals surface area contributed by atoms with E-state index in [-0.39, 0.29) is 12.2 Å². The van der Waals surface area contributed by atoms with Crippen molar-refractivity contribution < 1.29 is 9.84 Å². The van der Waals surface area contributed by atoms with Crippen molar-refractivity contribution in [3.8, 4) is 0 Å². The van der Waals surface area contributed by atoms with E-state index in [0.717, 1.165) is 32.7 Å². The molecule has 0 aromatic heterocycles. The molecule has 2 N–H and O–H groups in total. The summed E-state index contributed by atoms with van der Waals surface area (Å²) in [5, 5.41) is 13.0. The largest absolute Gasteiger partial charge is 0.395 e. The molecule has 0 aromatic rings. The Hall–Kier alpha value is -0.160. The second kappa shape index (κ2) is 6.73. The summed E-state index contributed by atoms with van der Waals surface area (Å²) in [6.07, 6.45) is 10.1. The molecule has 0 bridgehead atoms. The summed E-state index contributed by atoms with van der Waals surface area (Å²) < 4.78 is 6.15. The number of hydrogen-bond acceptors (Lipinski definition) is 4. The first-order valence-electron chi connectivity index (χ1n) is 8.54. The van der Waals surface area contributed by atoms with E-state index in [4.69, 9.17) is 4.74 Å². The Morgan fingerprint density at radius 2 is 2.05 bits per heavy atom. The Morgan fingerprint density at radius 1 is 1.20 bits per heavy atom. The summed E-state index contributed by atoms with van der Waals surface area (Å²) >= 11 is 0. The van der Waals surface area contributed by atoms with Crippen molar-refractivity contribution in [3.63, 3.8) is 0 Å². The van der Waals surface area contributed by atoms with Crippen LogP contribution in [-0.4, -0.2) is 60.5 Å². The second-order valence-electron chi connectivity index (χ2n) is 6.90. The van der Waals surface area contributed by atoms with Crippen LogP contribution in [0.4, 0.5) is 0 Å². The highest BCUT2D eigenvalue weighted by molar-refractivity contribution is 4.95. The third kappa shape index (κ3) is 3.35. The normalized spacial score (nSPS) is 33.3. The van der Waals surface area contributed by atoms with E-state index >= 15 is 0 Å². The molecule has 2 heterocycles. The fourth-order valence-corrected chi connectivity index (χ4v) is 4.43. The van der Waals surface area contributed by atoms with Crippen LogP contribution < -0.4 is 5.32 Å². The van der Waals surface area contributed by atoms with Crippen LogP contribution in [0.3, 0.4) is 0 Å². The van der Waals surface area contributed by atoms with E-state index in [2.05, 4.69) is 10.2 Å². The molecular weight excluding hydrogens is 252 g/mol. The van der Waals surface area contributed by atoms with Gasteiger partial charge < -0.3 is 15.2 Å². The number of aliphatic hydroxyl groups excluding tert-OH is 1. The lowest BCUT2D eigenvalue weighted by atomic mass is 9.88. The number of ether oxygens (including phenoxy) is 1. The van der Waals surface area contributed by atoms with E-state index in [1.54, 1.807) is 0 Å². The van der Waals surface area contributed by atoms with Crippen LogP contribution >= 0.6 is 0 Å². The molecular formula is C16H30N2O2. The average Bonchev–Trinajstić information content (AvgIpc) is 3.11. The summed E-state index contributed by atoms with van der Waals surface area (Å²) in [6, 6.07) is 1.24. The molecule has 3 rings (SSSR count). The monoisotopic (exact) mass is 282 g/mol. The maximum atomic E-state index is 9.40. The Kier molecular flexibility index (Phi) is 4.97. The van der Waals surface area contributed by atoms with Gasteiger partial charge in [0.1, 0.15) is 0 Å². The fraction of sp³-hybridized carbons (Fsp3) is 1.00. The predicted octanol–water partition coefficient (Wildman–Crippen LogP) is 1.52. The van der Waals surface area contributed by atoms with Crippen molar-refractivity contribution in [2.45, 2.75) is 69.1 Å². The lowest BCUT2D eigenvalue weighted by molar-refractivity contribution is -0.103. The molecule has 4 nitrogen and oxygen atoms in total. The standard InChI is InChI=1S/C16H30N2O2/c19-10-9-18(13-14-4-3-8-17-14)15-5-11-20-16(12-15)6-1-2-7-16/h14-15,17,19H,1-13H2. The minimum atomic E-state index is 0.180. The van der Waals surface area contributed by atoms with E-state index in [1.807, 2.05) is 0 Å². The fourth-order valence-electron chi connectivity index (χ4n) is 4.43. The van der Waals surface area contributed by atoms with E-state index in [0.29, 0.717) is 12.1 Å². The molecule has 20 heavy (non-hydrogen) atoms. The van der Waals surface area contributed by atoms with Gasteiger partial charge in [0.15, 0.2) is 0 Å². The first kappa shape index (κ1) is 14.8. The van der Waals surface area contributed by atoms with Crippen LogP contribution in [0.2, 0.25) is 0 Å². The van der Waals surface area contributed by atoms with Crippen molar-refractivity contribution in [2.24, 2.45) is 0 Å². The third-order valence-electron chi connectivity index (χ3n) is 5.50. The smallest absolute Gasteiger partial charge is 0.0697 e. The second-order valence-corrected chi connectivity index (χ2v) is 6.90. The number of rotatable bonds is 5. The molecule has 4 heteroatoms. The van der Waals surface area contributed by atoms with Crippen molar-refractivity contribution >= 4 is 0 Å². The van der Waals surface area contributed by atoms with Gasteiger partial charge in [0.25, 0.3) is 0 Å². The van der Waals surface area contributed by atoms with Crippen LogP contribution in [0.1, 0.15) is 51.4 Å². The highest BCUT2D eigenvalue weighted by Gasteiger charge is 2.41. The van der Waals surface area contributed by atoms with Crippen molar-refractivity contribution in [1.82, 2.24) is 10.2 Å². The lowest BCUT2D eigenvalue weighted by Gasteiger charge is -2.43. The van der Waals surface area contributed by atoms with Crippen molar-refractivity contribution in [3.05, 3.63) is 0 Å². The topological polar surface area (TPSA) is 44.7 Å². The highest BCUT2D eigenvalue weighted by Crippen LogP contribution is 2.41. The van der Waals surface area contributed by atoms with Gasteiger partial charge in [-0.1, -0.05) is 12.8 Å². The molecule has 2 saturated heterocycles. The Balaban J connectivity index is 1.60. The van der Waals surface area contributed by atoms with Gasteiger partial charge in [0, 0.05) is 31.8 Å². The van der Waals surface area contributed by atoms with Gasteiger partial charge in [-0.25, -0.2) is 0 Å². The van der Waals surface area contributed by atoms with Gasteiger partial charge >= 0.3 is 0 Å². The van der Waals surface area contributed by atoms with Crippen molar-refractivity contribution in [1.29, 1.82) is 0 Å². The molecule has 2 unspecified atom stereocenters. The van der Waals surface area contributed by atoms with E-state index < -0.39 is 0 Å². The molecule has 3 fully saturated rings. The maximum absolute atomic E-state index is 9.40. The highest BCUT2D eigenvalue weighted by atomic mass is 16.5. The first-order chi connectivity index (χ1) is 9.81. The zero-order valence-corrected chi connectivity index (χ0v) is 12.6. The van der Waals surface area contributed by atoms with E-state index in [1.165, 1.54) is 44.9 Å². The Morgan fingerprint density at radius 3 is 2.75 bits per heavy atom. The van der Waals surface area contributed by atoms with Crippen LogP contribution in [0.5, 0.6) is 0 Å². The molecule has 3 aliphatic rings. The number of nitrogens with zero attached hydrogens (tertiary/aromatic N) is 1. The van der Waals surface area contributed by atoms with E-state index in [9.17, 15) is 5.11 Å². The first-order valence-corrected chi connectivity index (χ1v) is 8.54. The zero-order valence-electron chi connectivity index (χ0n) is 12.6. The van der Waals surface area contributed by atoms with Gasteiger partial charge in [-0.2, -0.15) is 0 Å². The van der Waals surface area contributed by atoms with Gasteiger partial charge in [0.2, 0.25) is 0 Å². The molecule has 2 aliphatic heterocycles. The average molecular weight is 282 g/mol. The quantitative estimate of drug-likeness (QED) is 0.802. The molecule has 0 aromatic carbocycles. The summed E-state index contributed by atoms with van der Waals surface area (Å²) in [4.78, 5) is 2.53. The minimum absolute atomic E-state index is 0.180. The molecule has 0 radical (unpaired) electrons. The SMILES string of the molecule is OCCN(CC1CCCN1)C1CCOC2(CCCC2)C1. The van der Waals surface area contributed by atoms with Crippen LogP contribution in [0, 0.1) is 0 Å².